The number of rotatable bonds is 4. The van der Waals surface area contributed by atoms with Gasteiger partial charge in [0.05, 0.1) is 10.4 Å². The number of thiocarbonyl (C=S) groups is 1. The predicted molar refractivity (Wildman–Crippen MR) is 114 cm³/mol. The molecule has 0 bridgehead atoms. The Morgan fingerprint density at radius 1 is 1.11 bits per heavy atom. The van der Waals surface area contributed by atoms with Crippen LogP contribution in [0.15, 0.2) is 71.8 Å². The number of fused-ring (bicyclic) bond motifs is 1. The predicted octanol–water partition coefficient (Wildman–Crippen LogP) is 4.26. The molecule has 1 fully saturated rings. The highest BCUT2D eigenvalue weighted by Crippen LogP contribution is 2.38. The molecule has 4 rings (SSSR count). The lowest BCUT2D eigenvalue weighted by atomic mass is 10.1. The summed E-state index contributed by atoms with van der Waals surface area (Å²) in [5.41, 5.74) is 2.05. The van der Waals surface area contributed by atoms with Crippen LogP contribution in [-0.2, 0) is 9.59 Å². The van der Waals surface area contributed by atoms with Gasteiger partial charge >= 0.3 is 5.97 Å². The number of carbonyl (C=O) groups is 2. The molecule has 1 N–H and O–H groups in total. The van der Waals surface area contributed by atoms with Crippen LogP contribution in [0.3, 0.4) is 0 Å². The number of nitrogens with zero attached hydrogens (tertiary/aromatic N) is 2. The average molecular weight is 406 g/mol. The van der Waals surface area contributed by atoms with E-state index in [0.29, 0.717) is 10.5 Å². The van der Waals surface area contributed by atoms with Crippen molar-refractivity contribution in [1.82, 2.24) is 9.88 Å². The van der Waals surface area contributed by atoms with Gasteiger partial charge in [0.25, 0.3) is 5.91 Å². The molecule has 1 atom stereocenters. The van der Waals surface area contributed by atoms with E-state index in [0.717, 1.165) is 28.2 Å². The molecular formula is C21H14N2O3S2. The van der Waals surface area contributed by atoms with E-state index in [1.54, 1.807) is 42.6 Å². The second-order valence-electron chi connectivity index (χ2n) is 6.13. The maximum atomic E-state index is 13.0. The quantitative estimate of drug-likeness (QED) is 0.516. The lowest BCUT2D eigenvalue weighted by Crippen LogP contribution is -2.37. The maximum Gasteiger partial charge on any atom is 0.331 e. The van der Waals surface area contributed by atoms with Crippen LogP contribution in [0.5, 0.6) is 0 Å². The molecule has 1 unspecified atom stereocenters. The van der Waals surface area contributed by atoms with Crippen molar-refractivity contribution in [1.29, 1.82) is 0 Å². The number of hydrogen-bond donors (Lipinski definition) is 1. The van der Waals surface area contributed by atoms with Crippen LogP contribution in [0.4, 0.5) is 0 Å². The minimum absolute atomic E-state index is 0.223. The maximum absolute atomic E-state index is 13.0. The summed E-state index contributed by atoms with van der Waals surface area (Å²) in [5.74, 6) is -1.55. The van der Waals surface area contributed by atoms with Crippen LogP contribution in [0.2, 0.25) is 0 Å². The first-order valence-corrected chi connectivity index (χ1v) is 9.67. The molecule has 0 spiro atoms. The van der Waals surface area contributed by atoms with Crippen molar-refractivity contribution in [2.24, 2.45) is 0 Å². The molecule has 5 nitrogen and oxygen atoms in total. The van der Waals surface area contributed by atoms with Gasteiger partial charge in [-0.15, -0.1) is 0 Å². The average Bonchev–Trinajstić information content (AvgIpc) is 2.97. The fourth-order valence-corrected chi connectivity index (χ4v) is 4.43. The highest BCUT2D eigenvalue weighted by atomic mass is 32.2. The lowest BCUT2D eigenvalue weighted by Gasteiger charge is -2.23. The van der Waals surface area contributed by atoms with Crippen molar-refractivity contribution < 1.29 is 14.7 Å². The third kappa shape index (κ3) is 3.30. The number of aliphatic carboxylic acids is 1. The monoisotopic (exact) mass is 406 g/mol. The molecule has 0 saturated carbocycles. The SMILES string of the molecule is O=C(O)C(c1ccccc1)N1C(=O)/C(=C/c2cccc3cccnc23)SC1=S. The van der Waals surface area contributed by atoms with Gasteiger partial charge in [-0.25, -0.2) is 4.79 Å². The Hall–Kier alpha value is -3.03. The number of aromatic nitrogens is 1. The van der Waals surface area contributed by atoms with E-state index in [2.05, 4.69) is 4.98 Å². The number of carbonyl (C=O) groups excluding carboxylic acids is 1. The molecule has 1 aromatic heterocycles. The normalized spacial score (nSPS) is 16.7. The van der Waals surface area contributed by atoms with Crippen molar-refractivity contribution in [3.63, 3.8) is 0 Å². The minimum atomic E-state index is -1.16. The van der Waals surface area contributed by atoms with E-state index in [1.807, 2.05) is 30.3 Å². The van der Waals surface area contributed by atoms with Crippen LogP contribution in [-0.4, -0.2) is 31.2 Å². The Balaban J connectivity index is 1.74. The number of pyridine rings is 1. The Morgan fingerprint density at radius 2 is 1.86 bits per heavy atom. The van der Waals surface area contributed by atoms with Gasteiger partial charge in [0.15, 0.2) is 6.04 Å². The summed E-state index contributed by atoms with van der Waals surface area (Å²) in [6, 6.07) is 17.0. The summed E-state index contributed by atoms with van der Waals surface area (Å²) in [7, 11) is 0. The smallest absolute Gasteiger partial charge is 0.331 e. The van der Waals surface area contributed by atoms with Gasteiger partial charge in [-0.1, -0.05) is 78.6 Å². The Bertz CT molecular complexity index is 1120. The fourth-order valence-electron chi connectivity index (χ4n) is 3.13. The van der Waals surface area contributed by atoms with Gasteiger partial charge in [0.2, 0.25) is 0 Å². The number of thioether (sulfide) groups is 1. The third-order valence-electron chi connectivity index (χ3n) is 4.38. The molecule has 1 saturated heterocycles. The molecule has 0 aliphatic carbocycles. The van der Waals surface area contributed by atoms with Crippen LogP contribution in [0.1, 0.15) is 17.2 Å². The summed E-state index contributed by atoms with van der Waals surface area (Å²) >= 11 is 6.45. The minimum Gasteiger partial charge on any atom is -0.479 e. The van der Waals surface area contributed by atoms with Crippen LogP contribution in [0.25, 0.3) is 17.0 Å². The van der Waals surface area contributed by atoms with E-state index in [9.17, 15) is 14.7 Å². The summed E-state index contributed by atoms with van der Waals surface area (Å²) in [5, 5.41) is 10.7. The standard InChI is InChI=1S/C21H14N2O3S2/c24-19-16(12-15-9-4-8-13-10-5-11-22-17(13)15)28-21(27)23(19)18(20(25)26)14-6-2-1-3-7-14/h1-12,18H,(H,25,26)/b16-12-. The van der Waals surface area contributed by atoms with Crippen molar-refractivity contribution in [3.8, 4) is 0 Å². The van der Waals surface area contributed by atoms with Crippen LogP contribution < -0.4 is 0 Å². The number of hydrogen-bond acceptors (Lipinski definition) is 5. The summed E-state index contributed by atoms with van der Waals surface area (Å²) < 4.78 is 0.223. The molecule has 0 radical (unpaired) electrons. The Morgan fingerprint density at radius 3 is 2.61 bits per heavy atom. The first-order valence-electron chi connectivity index (χ1n) is 8.45. The van der Waals surface area contributed by atoms with E-state index in [4.69, 9.17) is 12.2 Å². The largest absolute Gasteiger partial charge is 0.479 e. The number of carboxylic acid groups (broad SMARTS) is 1. The number of carboxylic acids is 1. The molecule has 1 amide bonds. The van der Waals surface area contributed by atoms with E-state index < -0.39 is 17.9 Å². The molecule has 3 aromatic rings. The Labute approximate surface area is 170 Å². The van der Waals surface area contributed by atoms with Crippen molar-refractivity contribution in [3.05, 3.63) is 82.9 Å². The van der Waals surface area contributed by atoms with Gasteiger partial charge in [-0.3, -0.25) is 14.7 Å². The third-order valence-corrected chi connectivity index (χ3v) is 5.71. The summed E-state index contributed by atoms with van der Waals surface area (Å²) in [6.07, 6.45) is 3.42. The second-order valence-corrected chi connectivity index (χ2v) is 7.80. The van der Waals surface area contributed by atoms with Gasteiger partial charge in [-0.05, 0) is 17.7 Å². The molecular weight excluding hydrogens is 392 g/mol. The topological polar surface area (TPSA) is 70.5 Å². The van der Waals surface area contributed by atoms with E-state index >= 15 is 0 Å². The van der Waals surface area contributed by atoms with Gasteiger partial charge in [-0.2, -0.15) is 0 Å². The highest BCUT2D eigenvalue weighted by molar-refractivity contribution is 8.26. The van der Waals surface area contributed by atoms with Crippen LogP contribution in [0, 0.1) is 0 Å². The Kier molecular flexibility index (Phi) is 4.93. The molecule has 28 heavy (non-hydrogen) atoms. The zero-order chi connectivity index (χ0) is 19.7. The number of amides is 1. The first-order chi connectivity index (χ1) is 13.6. The molecule has 1 aliphatic rings. The highest BCUT2D eigenvalue weighted by Gasteiger charge is 2.41. The van der Waals surface area contributed by atoms with Gasteiger partial charge < -0.3 is 5.11 Å². The molecule has 1 aliphatic heterocycles. The van der Waals surface area contributed by atoms with Gasteiger partial charge in [0.1, 0.15) is 4.32 Å². The number of para-hydroxylation sites is 1. The fraction of sp³-hybridized carbons (Fsp3) is 0.0476. The van der Waals surface area contributed by atoms with Crippen LogP contribution >= 0.6 is 24.0 Å². The van der Waals surface area contributed by atoms with E-state index in [1.165, 1.54) is 4.90 Å². The molecule has 138 valence electrons. The molecule has 2 heterocycles. The van der Waals surface area contributed by atoms with Gasteiger partial charge in [0, 0.05) is 17.1 Å². The van der Waals surface area contributed by atoms with Crippen molar-refractivity contribution in [2.45, 2.75) is 6.04 Å². The molecule has 2 aromatic carbocycles. The van der Waals surface area contributed by atoms with Crippen molar-refractivity contribution >= 4 is 57.2 Å². The van der Waals surface area contributed by atoms with Crippen molar-refractivity contribution in [2.75, 3.05) is 0 Å². The zero-order valence-electron chi connectivity index (χ0n) is 14.5. The summed E-state index contributed by atoms with van der Waals surface area (Å²) in [6.45, 7) is 0. The lowest BCUT2D eigenvalue weighted by molar-refractivity contribution is -0.145. The second kappa shape index (κ2) is 7.53. The van der Waals surface area contributed by atoms with E-state index in [-0.39, 0.29) is 4.32 Å². The molecule has 7 heteroatoms. The first kappa shape index (κ1) is 18.3. The summed E-state index contributed by atoms with van der Waals surface area (Å²) in [4.78, 5) is 30.9. The number of benzene rings is 2. The zero-order valence-corrected chi connectivity index (χ0v) is 16.1.